The molecule has 3 rings (SSSR count). The molecule has 0 aliphatic rings. The molecule has 0 aromatic carbocycles. The Balaban J connectivity index is 1.49. The van der Waals surface area contributed by atoms with Gasteiger partial charge in [-0.15, -0.1) is 11.3 Å². The molecule has 0 spiro atoms. The summed E-state index contributed by atoms with van der Waals surface area (Å²) < 4.78 is 3.05. The second kappa shape index (κ2) is 8.49. The number of rotatable bonds is 6. The second-order valence-electron chi connectivity index (χ2n) is 6.04. The number of halogens is 1. The number of aliphatic imine (C=N–C) groups is 1. The van der Waals surface area contributed by atoms with E-state index in [0.29, 0.717) is 12.5 Å². The number of fused-ring (bicyclic) bond motifs is 1. The molecule has 1 unspecified atom stereocenters. The molecular weight excluding hydrogens is 398 g/mol. The van der Waals surface area contributed by atoms with Crippen molar-refractivity contribution in [1.82, 2.24) is 20.0 Å². The zero-order valence-electron chi connectivity index (χ0n) is 14.4. The number of nitrogens with zero attached hydrogens (tertiary/aromatic N) is 3. The molecule has 132 valence electrons. The first-order chi connectivity index (χ1) is 12.1. The number of thiophene rings is 1. The molecule has 0 aliphatic carbocycles. The Kier molecular flexibility index (Phi) is 6.09. The smallest absolute Gasteiger partial charge is 0.191 e. The minimum Gasteiger partial charge on any atom is -0.356 e. The number of guanidine groups is 1. The van der Waals surface area contributed by atoms with Crippen molar-refractivity contribution in [3.63, 3.8) is 0 Å². The van der Waals surface area contributed by atoms with Gasteiger partial charge in [0.25, 0.3) is 0 Å². The number of hydrogen-bond donors (Lipinski definition) is 2. The van der Waals surface area contributed by atoms with E-state index in [1.54, 1.807) is 7.05 Å². The standard InChI is InChI=1S/C18H22BrN5S/c1-13(8-16-4-3-7-25-16)9-21-18(20-2)22-10-15-12-24-11-14(19)5-6-17(24)23-15/h3-7,11-13H,8-10H2,1-2H3,(H2,20,21,22). The average molecular weight is 420 g/mol. The van der Waals surface area contributed by atoms with Crippen molar-refractivity contribution in [1.29, 1.82) is 0 Å². The van der Waals surface area contributed by atoms with Gasteiger partial charge in [-0.1, -0.05) is 13.0 Å². The number of aromatic nitrogens is 2. The first-order valence-corrected chi connectivity index (χ1v) is 9.91. The monoisotopic (exact) mass is 419 g/mol. The first-order valence-electron chi connectivity index (χ1n) is 8.24. The lowest BCUT2D eigenvalue weighted by Crippen LogP contribution is -2.39. The van der Waals surface area contributed by atoms with Crippen molar-refractivity contribution in [3.8, 4) is 0 Å². The molecule has 7 heteroatoms. The highest BCUT2D eigenvalue weighted by atomic mass is 79.9. The lowest BCUT2D eigenvalue weighted by molar-refractivity contribution is 0.562. The number of pyridine rings is 1. The number of nitrogens with one attached hydrogen (secondary N) is 2. The normalized spacial score (nSPS) is 13.2. The van der Waals surface area contributed by atoms with Gasteiger partial charge in [0, 0.05) is 35.3 Å². The van der Waals surface area contributed by atoms with Crippen molar-refractivity contribution in [2.24, 2.45) is 10.9 Å². The lowest BCUT2D eigenvalue weighted by Gasteiger charge is -2.15. The molecule has 0 saturated carbocycles. The maximum atomic E-state index is 4.60. The zero-order chi connectivity index (χ0) is 17.6. The molecule has 0 saturated heterocycles. The summed E-state index contributed by atoms with van der Waals surface area (Å²) in [6.07, 6.45) is 5.12. The molecule has 2 N–H and O–H groups in total. The topological polar surface area (TPSA) is 53.7 Å². The maximum Gasteiger partial charge on any atom is 0.191 e. The van der Waals surface area contributed by atoms with Gasteiger partial charge in [-0.2, -0.15) is 0 Å². The van der Waals surface area contributed by atoms with Crippen molar-refractivity contribution >= 4 is 38.9 Å². The molecule has 0 amide bonds. The van der Waals surface area contributed by atoms with E-state index >= 15 is 0 Å². The van der Waals surface area contributed by atoms with E-state index in [9.17, 15) is 0 Å². The van der Waals surface area contributed by atoms with Crippen LogP contribution in [0, 0.1) is 5.92 Å². The van der Waals surface area contributed by atoms with Crippen molar-refractivity contribution in [2.75, 3.05) is 13.6 Å². The highest BCUT2D eigenvalue weighted by Crippen LogP contribution is 2.14. The van der Waals surface area contributed by atoms with Crippen LogP contribution in [0.2, 0.25) is 0 Å². The molecule has 3 heterocycles. The van der Waals surface area contributed by atoms with Gasteiger partial charge in [0.1, 0.15) is 5.65 Å². The van der Waals surface area contributed by atoms with Crippen molar-refractivity contribution in [2.45, 2.75) is 19.9 Å². The third-order valence-corrected chi connectivity index (χ3v) is 5.24. The summed E-state index contributed by atoms with van der Waals surface area (Å²) in [7, 11) is 1.79. The first kappa shape index (κ1) is 17.9. The summed E-state index contributed by atoms with van der Waals surface area (Å²) in [5.74, 6) is 1.35. The summed E-state index contributed by atoms with van der Waals surface area (Å²) in [6.45, 7) is 3.77. The Morgan fingerprint density at radius 3 is 2.96 bits per heavy atom. The van der Waals surface area contributed by atoms with Crippen LogP contribution in [-0.4, -0.2) is 28.9 Å². The molecule has 0 aliphatic heterocycles. The van der Waals surface area contributed by atoms with Gasteiger partial charge < -0.3 is 15.0 Å². The maximum absolute atomic E-state index is 4.60. The van der Waals surface area contributed by atoms with Gasteiger partial charge in [-0.25, -0.2) is 4.98 Å². The Morgan fingerprint density at radius 1 is 1.32 bits per heavy atom. The van der Waals surface area contributed by atoms with E-state index in [2.05, 4.69) is 61.0 Å². The fraction of sp³-hybridized carbons (Fsp3) is 0.333. The predicted octanol–water partition coefficient (Wildman–Crippen LogP) is 3.70. The second-order valence-corrected chi connectivity index (χ2v) is 7.99. The van der Waals surface area contributed by atoms with Crippen LogP contribution >= 0.6 is 27.3 Å². The highest BCUT2D eigenvalue weighted by molar-refractivity contribution is 9.10. The summed E-state index contributed by atoms with van der Waals surface area (Å²) in [6, 6.07) is 8.28. The number of imidazole rings is 1. The van der Waals surface area contributed by atoms with E-state index in [4.69, 9.17) is 0 Å². The van der Waals surface area contributed by atoms with Crippen LogP contribution in [0.1, 0.15) is 17.5 Å². The van der Waals surface area contributed by atoms with Crippen LogP contribution < -0.4 is 10.6 Å². The SMILES string of the molecule is CN=C(NCc1cn2cc(Br)ccc2n1)NCC(C)Cc1cccs1. The van der Waals surface area contributed by atoms with E-state index in [0.717, 1.165) is 34.7 Å². The Morgan fingerprint density at radius 2 is 2.20 bits per heavy atom. The molecule has 0 radical (unpaired) electrons. The summed E-state index contributed by atoms with van der Waals surface area (Å²) in [5, 5.41) is 8.85. The highest BCUT2D eigenvalue weighted by Gasteiger charge is 2.07. The summed E-state index contributed by atoms with van der Waals surface area (Å²) >= 11 is 5.29. The fourth-order valence-corrected chi connectivity index (χ4v) is 3.84. The molecular formula is C18H22BrN5S. The van der Waals surface area contributed by atoms with E-state index in [1.807, 2.05) is 40.3 Å². The van der Waals surface area contributed by atoms with Crippen molar-refractivity contribution < 1.29 is 0 Å². The zero-order valence-corrected chi connectivity index (χ0v) is 16.8. The van der Waals surface area contributed by atoms with Gasteiger partial charge in [-0.05, 0) is 51.8 Å². The predicted molar refractivity (Wildman–Crippen MR) is 108 cm³/mol. The van der Waals surface area contributed by atoms with Crippen LogP contribution in [0.4, 0.5) is 0 Å². The third kappa shape index (κ3) is 5.06. The number of hydrogen-bond acceptors (Lipinski definition) is 3. The minimum atomic E-state index is 0.546. The Bertz CT molecular complexity index is 840. The third-order valence-electron chi connectivity index (χ3n) is 3.87. The molecule has 5 nitrogen and oxygen atoms in total. The van der Waals surface area contributed by atoms with Gasteiger partial charge in [0.05, 0.1) is 12.2 Å². The molecule has 3 aromatic heterocycles. The van der Waals surface area contributed by atoms with Gasteiger partial charge in [0.15, 0.2) is 5.96 Å². The largest absolute Gasteiger partial charge is 0.356 e. The van der Waals surface area contributed by atoms with Crippen LogP contribution in [-0.2, 0) is 13.0 Å². The van der Waals surface area contributed by atoms with E-state index in [1.165, 1.54) is 4.88 Å². The summed E-state index contributed by atoms with van der Waals surface area (Å²) in [4.78, 5) is 10.3. The van der Waals surface area contributed by atoms with Gasteiger partial charge in [-0.3, -0.25) is 4.99 Å². The van der Waals surface area contributed by atoms with Crippen LogP contribution in [0.15, 0.2) is 51.5 Å². The Labute approximate surface area is 160 Å². The van der Waals surface area contributed by atoms with E-state index < -0.39 is 0 Å². The van der Waals surface area contributed by atoms with Gasteiger partial charge in [0.2, 0.25) is 0 Å². The molecule has 0 fully saturated rings. The summed E-state index contributed by atoms with van der Waals surface area (Å²) in [5.41, 5.74) is 1.92. The van der Waals surface area contributed by atoms with E-state index in [-0.39, 0.29) is 0 Å². The fourth-order valence-electron chi connectivity index (χ4n) is 2.61. The lowest BCUT2D eigenvalue weighted by atomic mass is 10.1. The van der Waals surface area contributed by atoms with Gasteiger partial charge >= 0.3 is 0 Å². The Hall–Kier alpha value is -1.86. The van der Waals surface area contributed by atoms with Crippen LogP contribution in [0.5, 0.6) is 0 Å². The average Bonchev–Trinajstić information content (AvgIpc) is 3.23. The van der Waals surface area contributed by atoms with Crippen LogP contribution in [0.25, 0.3) is 5.65 Å². The molecule has 3 aromatic rings. The van der Waals surface area contributed by atoms with Crippen LogP contribution in [0.3, 0.4) is 0 Å². The quantitative estimate of drug-likeness (QED) is 0.472. The molecule has 0 bridgehead atoms. The molecule has 1 atom stereocenters. The minimum absolute atomic E-state index is 0.546. The van der Waals surface area contributed by atoms with Crippen molar-refractivity contribution in [3.05, 3.63) is 57.1 Å². The molecule has 25 heavy (non-hydrogen) atoms.